The van der Waals surface area contributed by atoms with E-state index < -0.39 is 10.7 Å². The molecule has 0 aliphatic carbocycles. The molecule has 0 atom stereocenters. The number of rotatable bonds is 2. The van der Waals surface area contributed by atoms with Crippen LogP contribution in [0.15, 0.2) is 22.6 Å². The van der Waals surface area contributed by atoms with Crippen molar-refractivity contribution in [2.24, 2.45) is 0 Å². The van der Waals surface area contributed by atoms with E-state index >= 15 is 0 Å². The number of allylic oxidation sites excluding steroid dienone is 3. The van der Waals surface area contributed by atoms with E-state index in [2.05, 4.69) is 19.2 Å². The molecule has 0 spiro atoms. The topological polar surface area (TPSA) is 0 Å². The zero-order valence-corrected chi connectivity index (χ0v) is 10.2. The van der Waals surface area contributed by atoms with Gasteiger partial charge in [-0.15, -0.1) is 0 Å². The van der Waals surface area contributed by atoms with Gasteiger partial charge in [0.25, 0.3) is 0 Å². The number of halogens is 3. The zero-order valence-electron chi connectivity index (χ0n) is 4.94. The van der Waals surface area contributed by atoms with Gasteiger partial charge < -0.3 is 0 Å². The fourth-order valence-electron chi connectivity index (χ4n) is 0.276. The molecule has 4 heteroatoms. The van der Waals surface area contributed by atoms with E-state index in [0.29, 0.717) is 0 Å². The normalized spacial score (nSPS) is 13.8. The molecule has 0 aromatic rings. The van der Waals surface area contributed by atoms with Crippen molar-refractivity contribution in [3.63, 3.8) is 0 Å². The molecule has 0 bridgehead atoms. The van der Waals surface area contributed by atoms with Gasteiger partial charge in [-0.1, -0.05) is 0 Å². The SMILES string of the molecule is CC=CC=[CH][Ti]([Cl])([Cl])[I]. The van der Waals surface area contributed by atoms with Crippen LogP contribution < -0.4 is 0 Å². The summed E-state index contributed by atoms with van der Waals surface area (Å²) in [5.41, 5.74) is 0. The van der Waals surface area contributed by atoms with Crippen molar-refractivity contribution in [1.29, 1.82) is 0 Å². The molecule has 0 nitrogen and oxygen atoms in total. The first-order valence-electron chi connectivity index (χ1n) is 2.43. The second-order valence-corrected chi connectivity index (χ2v) is 21.6. The van der Waals surface area contributed by atoms with E-state index in [1.807, 2.05) is 29.5 Å². The molecule has 0 saturated heterocycles. The van der Waals surface area contributed by atoms with Crippen LogP contribution in [-0.2, 0) is 10.7 Å². The molecule has 0 rings (SSSR count). The van der Waals surface area contributed by atoms with Gasteiger partial charge in [0.05, 0.1) is 0 Å². The third-order valence-corrected chi connectivity index (χ3v) is 4.00. The predicted octanol–water partition coefficient (Wildman–Crippen LogP) is 3.89. The van der Waals surface area contributed by atoms with Crippen molar-refractivity contribution < 1.29 is 10.7 Å². The minimum atomic E-state index is -2.45. The standard InChI is InChI=1S/C5H7.2ClH.HI.Ti/c1-3-5-4-2;;;;/h1,3-5H,2H3;3*1H;/q;;;;+3/p-3. The van der Waals surface area contributed by atoms with Crippen LogP contribution in [0.4, 0.5) is 0 Å². The summed E-state index contributed by atoms with van der Waals surface area (Å²) in [6.45, 7) is 1.95. The summed E-state index contributed by atoms with van der Waals surface area (Å²) < 4.78 is 1.89. The summed E-state index contributed by atoms with van der Waals surface area (Å²) in [6, 6.07) is 0. The molecule has 0 aliphatic rings. The molecule has 0 radical (unpaired) electrons. The van der Waals surface area contributed by atoms with Gasteiger partial charge in [0.2, 0.25) is 0 Å². The first-order valence-corrected chi connectivity index (χ1v) is 12.7. The Morgan fingerprint density at radius 3 is 2.22 bits per heavy atom. The van der Waals surface area contributed by atoms with Crippen LogP contribution in [0, 0.1) is 0 Å². The molecule has 0 amide bonds. The Labute approximate surface area is 77.1 Å². The maximum absolute atomic E-state index is 5.79. The van der Waals surface area contributed by atoms with Gasteiger partial charge in [-0.05, 0) is 0 Å². The molecule has 0 saturated carbocycles. The maximum atomic E-state index is 5.79. The summed E-state index contributed by atoms with van der Waals surface area (Å²) in [5.74, 6) is 0. The first kappa shape index (κ1) is 10.5. The molecule has 0 fully saturated rings. The van der Waals surface area contributed by atoms with Gasteiger partial charge >= 0.3 is 78.1 Å². The van der Waals surface area contributed by atoms with Gasteiger partial charge in [-0.25, -0.2) is 0 Å². The Morgan fingerprint density at radius 2 is 1.89 bits per heavy atom. The summed E-state index contributed by atoms with van der Waals surface area (Å²) >= 11 is 2.11. The summed E-state index contributed by atoms with van der Waals surface area (Å²) in [4.78, 5) is 0. The molecule has 9 heavy (non-hydrogen) atoms. The van der Waals surface area contributed by atoms with Gasteiger partial charge in [0.15, 0.2) is 0 Å². The third kappa shape index (κ3) is 9.50. The summed E-state index contributed by atoms with van der Waals surface area (Å²) in [7, 11) is 9.13. The van der Waals surface area contributed by atoms with E-state index in [-0.39, 0.29) is 0 Å². The Balaban J connectivity index is 3.71. The van der Waals surface area contributed by atoms with Crippen molar-refractivity contribution in [3.05, 3.63) is 22.6 Å². The quantitative estimate of drug-likeness (QED) is 0.412. The van der Waals surface area contributed by atoms with Crippen LogP contribution in [0.2, 0.25) is 0 Å². The zero-order chi connectivity index (χ0) is 7.33. The third-order valence-electron chi connectivity index (χ3n) is 0.589. The average Bonchev–Trinajstić information content (AvgIpc) is 1.63. The minimum absolute atomic E-state index is 1.89. The Bertz CT molecular complexity index is 125. The second-order valence-electron chi connectivity index (χ2n) is 1.43. The van der Waals surface area contributed by atoms with Crippen molar-refractivity contribution in [1.82, 2.24) is 0 Å². The first-order chi connectivity index (χ1) is 4.06. The van der Waals surface area contributed by atoms with Crippen molar-refractivity contribution in [2.45, 2.75) is 6.92 Å². The van der Waals surface area contributed by atoms with Crippen molar-refractivity contribution in [2.75, 3.05) is 0 Å². The fraction of sp³-hybridized carbons (Fsp3) is 0.200. The van der Waals surface area contributed by atoms with Crippen molar-refractivity contribution >= 4 is 37.8 Å². The summed E-state index contributed by atoms with van der Waals surface area (Å²) in [5, 5.41) is 0. The van der Waals surface area contributed by atoms with Crippen LogP contribution in [0.25, 0.3) is 0 Å². The molecule has 52 valence electrons. The van der Waals surface area contributed by atoms with Gasteiger partial charge in [0.1, 0.15) is 0 Å². The number of hydrogen-bond donors (Lipinski definition) is 0. The monoisotopic (exact) mass is 312 g/mol. The van der Waals surface area contributed by atoms with Gasteiger partial charge in [0, 0.05) is 0 Å². The van der Waals surface area contributed by atoms with Crippen LogP contribution in [-0.4, -0.2) is 0 Å². The number of hydrogen-bond acceptors (Lipinski definition) is 0. The molecule has 0 aromatic carbocycles. The molecule has 0 aliphatic heterocycles. The summed E-state index contributed by atoms with van der Waals surface area (Å²) in [6.07, 6.45) is 5.75. The van der Waals surface area contributed by atoms with E-state index in [9.17, 15) is 0 Å². The molecular weight excluding hydrogens is 306 g/mol. The average molecular weight is 313 g/mol. The van der Waals surface area contributed by atoms with E-state index in [0.717, 1.165) is 0 Å². The molecule has 0 unspecified atom stereocenters. The molecule has 0 heterocycles. The van der Waals surface area contributed by atoms with E-state index in [1.165, 1.54) is 0 Å². The predicted molar refractivity (Wildman–Crippen MR) is 49.7 cm³/mol. The van der Waals surface area contributed by atoms with Crippen LogP contribution in [0.3, 0.4) is 0 Å². The van der Waals surface area contributed by atoms with Gasteiger partial charge in [-0.3, -0.25) is 0 Å². The molecular formula is C5H7Cl2ITi. The van der Waals surface area contributed by atoms with Gasteiger partial charge in [-0.2, -0.15) is 0 Å². The van der Waals surface area contributed by atoms with Crippen LogP contribution in [0.5, 0.6) is 0 Å². The molecule has 0 aromatic heterocycles. The Hall–Kier alpha value is 1.50. The van der Waals surface area contributed by atoms with Crippen LogP contribution in [0.1, 0.15) is 6.92 Å². The second kappa shape index (κ2) is 5.19. The van der Waals surface area contributed by atoms with Crippen molar-refractivity contribution in [3.8, 4) is 0 Å². The van der Waals surface area contributed by atoms with E-state index in [4.69, 9.17) is 18.6 Å². The Morgan fingerprint density at radius 1 is 1.33 bits per heavy atom. The molecule has 0 N–H and O–H groups in total. The van der Waals surface area contributed by atoms with E-state index in [1.54, 1.807) is 0 Å². The fourth-order valence-corrected chi connectivity index (χ4v) is 2.25. The Kier molecular flexibility index (Phi) is 6.06. The van der Waals surface area contributed by atoms with Crippen LogP contribution >= 0.6 is 37.8 Å².